The highest BCUT2D eigenvalue weighted by atomic mass is 16.6. The predicted molar refractivity (Wildman–Crippen MR) is 60.2 cm³/mol. The van der Waals surface area contributed by atoms with Gasteiger partial charge in [-0.3, -0.25) is 0 Å². The summed E-state index contributed by atoms with van der Waals surface area (Å²) in [5, 5.41) is 20.7. The normalized spacial score (nSPS) is 19.4. The van der Waals surface area contributed by atoms with Gasteiger partial charge in [-0.25, -0.2) is 4.79 Å². The molecular formula is C11H13N3O4. The Balaban J connectivity index is 2.23. The lowest BCUT2D eigenvalue weighted by atomic mass is 10.0. The van der Waals surface area contributed by atoms with Crippen molar-refractivity contribution in [2.24, 2.45) is 10.2 Å². The number of hydrogen-bond donors (Lipinski definition) is 1. The SMILES string of the molecule is Cc1cc(N=NC2=C(O)CC(C)(C)OC2=O)no1. The molecule has 0 amide bonds. The van der Waals surface area contributed by atoms with Crippen molar-refractivity contribution in [2.75, 3.05) is 0 Å². The van der Waals surface area contributed by atoms with Crippen LogP contribution in [-0.4, -0.2) is 21.8 Å². The fourth-order valence-electron chi connectivity index (χ4n) is 1.54. The summed E-state index contributed by atoms with van der Waals surface area (Å²) in [5.74, 6) is -0.0344. The fraction of sp³-hybridized carbons (Fsp3) is 0.455. The third kappa shape index (κ3) is 2.55. The molecule has 7 heteroatoms. The number of cyclic esters (lactones) is 1. The van der Waals surface area contributed by atoms with Gasteiger partial charge in [0.1, 0.15) is 17.1 Å². The van der Waals surface area contributed by atoms with Gasteiger partial charge in [0, 0.05) is 12.5 Å². The van der Waals surface area contributed by atoms with Crippen LogP contribution in [0.4, 0.5) is 5.82 Å². The van der Waals surface area contributed by atoms with Crippen LogP contribution in [0.25, 0.3) is 0 Å². The van der Waals surface area contributed by atoms with Crippen LogP contribution >= 0.6 is 0 Å². The van der Waals surface area contributed by atoms with E-state index in [-0.39, 0.29) is 23.7 Å². The van der Waals surface area contributed by atoms with Crippen LogP contribution < -0.4 is 0 Å². The van der Waals surface area contributed by atoms with Gasteiger partial charge in [0.15, 0.2) is 0 Å². The van der Waals surface area contributed by atoms with E-state index in [9.17, 15) is 9.90 Å². The highest BCUT2D eigenvalue weighted by molar-refractivity contribution is 5.89. The lowest BCUT2D eigenvalue weighted by Crippen LogP contribution is -2.34. The Bertz CT molecular complexity index is 542. The smallest absolute Gasteiger partial charge is 0.362 e. The fourth-order valence-corrected chi connectivity index (χ4v) is 1.54. The van der Waals surface area contributed by atoms with E-state index in [0.717, 1.165) is 0 Å². The van der Waals surface area contributed by atoms with E-state index in [2.05, 4.69) is 15.4 Å². The van der Waals surface area contributed by atoms with Crippen molar-refractivity contribution in [3.8, 4) is 0 Å². The number of ether oxygens (including phenoxy) is 1. The van der Waals surface area contributed by atoms with Gasteiger partial charge in [-0.1, -0.05) is 5.16 Å². The number of aryl methyl sites for hydroxylation is 1. The molecule has 0 saturated carbocycles. The van der Waals surface area contributed by atoms with Gasteiger partial charge in [0.2, 0.25) is 11.5 Å². The topological polar surface area (TPSA) is 97.3 Å². The monoisotopic (exact) mass is 251 g/mol. The average molecular weight is 251 g/mol. The lowest BCUT2D eigenvalue weighted by Gasteiger charge is -2.28. The number of azo groups is 1. The minimum atomic E-state index is -0.731. The number of aliphatic hydroxyl groups excluding tert-OH is 1. The van der Waals surface area contributed by atoms with Crippen LogP contribution in [0.3, 0.4) is 0 Å². The summed E-state index contributed by atoms with van der Waals surface area (Å²) >= 11 is 0. The molecule has 0 spiro atoms. The van der Waals surface area contributed by atoms with E-state index < -0.39 is 11.6 Å². The maximum absolute atomic E-state index is 11.6. The second-order valence-corrected chi connectivity index (χ2v) is 4.62. The predicted octanol–water partition coefficient (Wildman–Crippen LogP) is 2.56. The van der Waals surface area contributed by atoms with Crippen LogP contribution in [-0.2, 0) is 9.53 Å². The molecule has 1 N–H and O–H groups in total. The minimum absolute atomic E-state index is 0.139. The van der Waals surface area contributed by atoms with Gasteiger partial charge >= 0.3 is 5.97 Å². The summed E-state index contributed by atoms with van der Waals surface area (Å²) in [6.45, 7) is 5.12. The second-order valence-electron chi connectivity index (χ2n) is 4.62. The number of carbonyl (C=O) groups excluding carboxylic acids is 1. The molecule has 2 rings (SSSR count). The lowest BCUT2D eigenvalue weighted by molar-refractivity contribution is -0.154. The third-order valence-electron chi connectivity index (χ3n) is 2.30. The van der Waals surface area contributed by atoms with Gasteiger partial charge < -0.3 is 14.4 Å². The molecule has 0 fully saturated rings. The number of nitrogens with zero attached hydrogens (tertiary/aromatic N) is 3. The molecule has 7 nitrogen and oxygen atoms in total. The van der Waals surface area contributed by atoms with Crippen LogP contribution in [0.2, 0.25) is 0 Å². The highest BCUT2D eigenvalue weighted by Gasteiger charge is 2.34. The number of carbonyl (C=O) groups is 1. The van der Waals surface area contributed by atoms with Crippen molar-refractivity contribution in [3.05, 3.63) is 23.3 Å². The molecule has 0 radical (unpaired) electrons. The number of rotatable bonds is 2. The molecule has 2 heterocycles. The Hall–Kier alpha value is -2.18. The van der Waals surface area contributed by atoms with Crippen molar-refractivity contribution in [1.82, 2.24) is 5.16 Å². The Morgan fingerprint density at radius 1 is 1.44 bits per heavy atom. The van der Waals surface area contributed by atoms with Crippen molar-refractivity contribution < 1.29 is 19.2 Å². The van der Waals surface area contributed by atoms with Gasteiger partial charge in [-0.2, -0.15) is 0 Å². The molecule has 1 aromatic heterocycles. The van der Waals surface area contributed by atoms with Crippen LogP contribution in [0.15, 0.2) is 32.3 Å². The maximum atomic E-state index is 11.6. The zero-order chi connectivity index (χ0) is 13.3. The Morgan fingerprint density at radius 3 is 2.72 bits per heavy atom. The number of aliphatic hydroxyl groups is 1. The highest BCUT2D eigenvalue weighted by Crippen LogP contribution is 2.29. The molecule has 0 atom stereocenters. The van der Waals surface area contributed by atoms with E-state index in [1.165, 1.54) is 0 Å². The zero-order valence-corrected chi connectivity index (χ0v) is 10.3. The summed E-state index contributed by atoms with van der Waals surface area (Å²) in [6, 6.07) is 1.55. The molecular weight excluding hydrogens is 238 g/mol. The van der Waals surface area contributed by atoms with E-state index in [0.29, 0.717) is 5.76 Å². The van der Waals surface area contributed by atoms with E-state index >= 15 is 0 Å². The Morgan fingerprint density at radius 2 is 2.17 bits per heavy atom. The first-order valence-electron chi connectivity index (χ1n) is 5.38. The third-order valence-corrected chi connectivity index (χ3v) is 2.30. The standard InChI is InChI=1S/C11H13N3O4/c1-6-4-8(14-18-6)12-13-9-7(15)5-11(2,3)17-10(9)16/h4,15H,5H2,1-3H3. The Labute approximate surface area is 103 Å². The summed E-state index contributed by atoms with van der Waals surface area (Å²) in [7, 11) is 0. The first kappa shape index (κ1) is 12.3. The molecule has 0 aromatic carbocycles. The minimum Gasteiger partial charge on any atom is -0.510 e. The summed E-state index contributed by atoms with van der Waals surface area (Å²) in [6.07, 6.45) is 0.199. The summed E-state index contributed by atoms with van der Waals surface area (Å²) < 4.78 is 9.89. The molecule has 1 aliphatic heterocycles. The molecule has 96 valence electrons. The largest absolute Gasteiger partial charge is 0.510 e. The van der Waals surface area contributed by atoms with Gasteiger partial charge in [0.05, 0.1) is 0 Å². The molecule has 0 saturated heterocycles. The Kier molecular flexibility index (Phi) is 2.90. The maximum Gasteiger partial charge on any atom is 0.362 e. The van der Waals surface area contributed by atoms with Crippen molar-refractivity contribution in [3.63, 3.8) is 0 Å². The second kappa shape index (κ2) is 4.25. The van der Waals surface area contributed by atoms with Crippen LogP contribution in [0, 0.1) is 6.92 Å². The quantitative estimate of drug-likeness (QED) is 0.643. The van der Waals surface area contributed by atoms with Gasteiger partial charge in [-0.15, -0.1) is 10.2 Å². The molecule has 1 aliphatic rings. The van der Waals surface area contributed by atoms with Crippen LogP contribution in [0.5, 0.6) is 0 Å². The molecule has 0 unspecified atom stereocenters. The average Bonchev–Trinajstić information content (AvgIpc) is 2.61. The number of hydrogen-bond acceptors (Lipinski definition) is 7. The van der Waals surface area contributed by atoms with E-state index in [1.54, 1.807) is 26.8 Å². The number of aromatic nitrogens is 1. The first-order valence-corrected chi connectivity index (χ1v) is 5.38. The first-order chi connectivity index (χ1) is 8.37. The summed E-state index contributed by atoms with van der Waals surface area (Å²) in [4.78, 5) is 11.6. The van der Waals surface area contributed by atoms with Gasteiger partial charge in [0.25, 0.3) is 0 Å². The van der Waals surface area contributed by atoms with Crippen LogP contribution in [0.1, 0.15) is 26.0 Å². The molecule has 18 heavy (non-hydrogen) atoms. The van der Waals surface area contributed by atoms with Crippen molar-refractivity contribution in [2.45, 2.75) is 32.8 Å². The summed E-state index contributed by atoms with van der Waals surface area (Å²) in [5.41, 5.74) is -0.931. The zero-order valence-electron chi connectivity index (χ0n) is 10.3. The van der Waals surface area contributed by atoms with Crippen molar-refractivity contribution >= 4 is 11.8 Å². The van der Waals surface area contributed by atoms with Crippen molar-refractivity contribution in [1.29, 1.82) is 0 Å². The molecule has 1 aromatic rings. The molecule has 0 bridgehead atoms. The molecule has 0 aliphatic carbocycles. The number of esters is 1. The van der Waals surface area contributed by atoms with Gasteiger partial charge in [-0.05, 0) is 20.8 Å². The van der Waals surface area contributed by atoms with E-state index in [1.807, 2.05) is 0 Å². The van der Waals surface area contributed by atoms with E-state index in [4.69, 9.17) is 9.26 Å².